The number of carbonyl (C=O) groups excluding carboxylic acids is 2. The SMILES string of the molecule is Cc1cccc(NC(=O)C(=O)NCC2CCN(C3CCSC3)CC2)c1. The summed E-state index contributed by atoms with van der Waals surface area (Å²) in [6, 6.07) is 8.20. The summed E-state index contributed by atoms with van der Waals surface area (Å²) in [6.45, 7) is 4.77. The minimum absolute atomic E-state index is 0.473. The van der Waals surface area contributed by atoms with E-state index in [1.54, 1.807) is 6.07 Å². The van der Waals surface area contributed by atoms with Crippen LogP contribution in [0.4, 0.5) is 5.69 Å². The number of hydrogen-bond acceptors (Lipinski definition) is 4. The van der Waals surface area contributed by atoms with Gasteiger partial charge in [-0.15, -0.1) is 0 Å². The molecule has 6 heteroatoms. The third-order valence-electron chi connectivity index (χ3n) is 5.10. The number of piperidine rings is 1. The van der Waals surface area contributed by atoms with Crippen molar-refractivity contribution in [3.05, 3.63) is 29.8 Å². The highest BCUT2D eigenvalue weighted by Gasteiger charge is 2.27. The van der Waals surface area contributed by atoms with Gasteiger partial charge in [0.2, 0.25) is 0 Å². The molecule has 0 aromatic heterocycles. The van der Waals surface area contributed by atoms with Crippen LogP contribution in [0.2, 0.25) is 0 Å². The first kappa shape index (κ1) is 18.3. The zero-order chi connectivity index (χ0) is 17.6. The van der Waals surface area contributed by atoms with Gasteiger partial charge in [0.25, 0.3) is 0 Å². The first-order valence-corrected chi connectivity index (χ1v) is 10.2. The highest BCUT2D eigenvalue weighted by Crippen LogP contribution is 2.26. The lowest BCUT2D eigenvalue weighted by Crippen LogP contribution is -2.45. The molecular weight excluding hydrogens is 334 g/mol. The molecule has 0 saturated carbocycles. The van der Waals surface area contributed by atoms with Gasteiger partial charge in [0.15, 0.2) is 0 Å². The van der Waals surface area contributed by atoms with E-state index in [9.17, 15) is 9.59 Å². The molecule has 0 bridgehead atoms. The van der Waals surface area contributed by atoms with Crippen LogP contribution < -0.4 is 10.6 Å². The maximum absolute atomic E-state index is 12.0. The molecule has 0 spiro atoms. The molecule has 1 aromatic carbocycles. The fourth-order valence-electron chi connectivity index (χ4n) is 3.56. The standard InChI is InChI=1S/C19H27N3O2S/c1-14-3-2-4-16(11-14)21-19(24)18(23)20-12-15-5-8-22(9-6-15)17-7-10-25-13-17/h2-4,11,15,17H,5-10,12-13H2,1H3,(H,20,23)(H,21,24). The van der Waals surface area contributed by atoms with Crippen LogP contribution in [0, 0.1) is 12.8 Å². The van der Waals surface area contributed by atoms with Crippen molar-refractivity contribution in [2.24, 2.45) is 5.92 Å². The molecule has 0 radical (unpaired) electrons. The second-order valence-corrected chi connectivity index (χ2v) is 8.18. The van der Waals surface area contributed by atoms with Crippen molar-refractivity contribution in [2.75, 3.05) is 36.5 Å². The van der Waals surface area contributed by atoms with Gasteiger partial charge in [-0.05, 0) is 68.6 Å². The lowest BCUT2D eigenvalue weighted by Gasteiger charge is -2.35. The Morgan fingerprint density at radius 2 is 2.00 bits per heavy atom. The largest absolute Gasteiger partial charge is 0.348 e. The van der Waals surface area contributed by atoms with E-state index in [4.69, 9.17) is 0 Å². The zero-order valence-corrected chi connectivity index (χ0v) is 15.6. The number of thioether (sulfide) groups is 1. The van der Waals surface area contributed by atoms with E-state index in [-0.39, 0.29) is 0 Å². The topological polar surface area (TPSA) is 61.4 Å². The lowest BCUT2D eigenvalue weighted by molar-refractivity contribution is -0.136. The summed E-state index contributed by atoms with van der Waals surface area (Å²) in [4.78, 5) is 26.6. The summed E-state index contributed by atoms with van der Waals surface area (Å²) in [5.41, 5.74) is 1.70. The molecule has 2 aliphatic heterocycles. The molecule has 2 aliphatic rings. The van der Waals surface area contributed by atoms with Gasteiger partial charge in [-0.25, -0.2) is 0 Å². The second-order valence-electron chi connectivity index (χ2n) is 7.03. The first-order valence-electron chi connectivity index (χ1n) is 9.09. The predicted molar refractivity (Wildman–Crippen MR) is 103 cm³/mol. The second kappa shape index (κ2) is 8.72. The zero-order valence-electron chi connectivity index (χ0n) is 14.8. The van der Waals surface area contributed by atoms with Gasteiger partial charge >= 0.3 is 11.8 Å². The number of likely N-dealkylation sites (tertiary alicyclic amines) is 1. The normalized spacial score (nSPS) is 21.9. The fraction of sp³-hybridized carbons (Fsp3) is 0.579. The first-order chi connectivity index (χ1) is 12.1. The number of rotatable bonds is 4. The molecule has 1 aromatic rings. The van der Waals surface area contributed by atoms with Crippen molar-refractivity contribution in [3.63, 3.8) is 0 Å². The number of amides is 2. The maximum Gasteiger partial charge on any atom is 0.313 e. The van der Waals surface area contributed by atoms with E-state index in [1.165, 1.54) is 17.9 Å². The molecule has 2 fully saturated rings. The van der Waals surface area contributed by atoms with Gasteiger partial charge in [0.05, 0.1) is 0 Å². The van der Waals surface area contributed by atoms with Crippen LogP contribution in [0.1, 0.15) is 24.8 Å². The molecule has 1 unspecified atom stereocenters. The third-order valence-corrected chi connectivity index (χ3v) is 6.25. The molecule has 0 aliphatic carbocycles. The minimum atomic E-state index is -0.592. The van der Waals surface area contributed by atoms with Gasteiger partial charge in [0.1, 0.15) is 0 Å². The lowest BCUT2D eigenvalue weighted by atomic mass is 9.95. The number of aryl methyl sites for hydroxylation is 1. The Bertz CT molecular complexity index is 608. The quantitative estimate of drug-likeness (QED) is 0.808. The van der Waals surface area contributed by atoms with Gasteiger partial charge in [0, 0.05) is 24.0 Å². The third kappa shape index (κ3) is 5.22. The van der Waals surface area contributed by atoms with E-state index in [1.807, 2.05) is 25.1 Å². The van der Waals surface area contributed by atoms with Gasteiger partial charge in [-0.3, -0.25) is 14.5 Å². The van der Waals surface area contributed by atoms with Crippen LogP contribution in [-0.2, 0) is 9.59 Å². The van der Waals surface area contributed by atoms with E-state index in [0.717, 1.165) is 37.5 Å². The van der Waals surface area contributed by atoms with Crippen LogP contribution in [0.15, 0.2) is 24.3 Å². The Kier molecular flexibility index (Phi) is 6.37. The molecule has 1 atom stereocenters. The molecule has 5 nitrogen and oxygen atoms in total. The molecule has 3 rings (SSSR count). The molecule has 136 valence electrons. The smallest absolute Gasteiger partial charge is 0.313 e. The average Bonchev–Trinajstić information content (AvgIpc) is 3.14. The van der Waals surface area contributed by atoms with Crippen LogP contribution >= 0.6 is 11.8 Å². The van der Waals surface area contributed by atoms with E-state index in [2.05, 4.69) is 27.3 Å². The summed E-state index contributed by atoms with van der Waals surface area (Å²) in [5.74, 6) is 1.89. The van der Waals surface area contributed by atoms with Gasteiger partial charge < -0.3 is 10.6 Å². The van der Waals surface area contributed by atoms with Crippen molar-refractivity contribution >= 4 is 29.3 Å². The Morgan fingerprint density at radius 1 is 1.20 bits per heavy atom. The molecular formula is C19H27N3O2S. The summed E-state index contributed by atoms with van der Waals surface area (Å²) in [7, 11) is 0. The summed E-state index contributed by atoms with van der Waals surface area (Å²) in [5, 5.41) is 5.45. The average molecular weight is 362 g/mol. The summed E-state index contributed by atoms with van der Waals surface area (Å²) in [6.07, 6.45) is 3.51. The van der Waals surface area contributed by atoms with Crippen molar-refractivity contribution < 1.29 is 9.59 Å². The van der Waals surface area contributed by atoms with Crippen molar-refractivity contribution in [1.29, 1.82) is 0 Å². The van der Waals surface area contributed by atoms with Crippen LogP contribution in [0.25, 0.3) is 0 Å². The number of anilines is 1. The van der Waals surface area contributed by atoms with Crippen molar-refractivity contribution in [3.8, 4) is 0 Å². The van der Waals surface area contributed by atoms with E-state index < -0.39 is 11.8 Å². The Hall–Kier alpha value is -1.53. The maximum atomic E-state index is 12.0. The summed E-state index contributed by atoms with van der Waals surface area (Å²) >= 11 is 2.05. The predicted octanol–water partition coefficient (Wildman–Crippen LogP) is 2.27. The monoisotopic (exact) mass is 361 g/mol. The Balaban J connectivity index is 1.38. The number of carbonyl (C=O) groups is 2. The number of benzene rings is 1. The van der Waals surface area contributed by atoms with E-state index >= 15 is 0 Å². The molecule has 2 saturated heterocycles. The molecule has 25 heavy (non-hydrogen) atoms. The Labute approximate surface area is 153 Å². The minimum Gasteiger partial charge on any atom is -0.348 e. The van der Waals surface area contributed by atoms with Crippen LogP contribution in [0.5, 0.6) is 0 Å². The molecule has 2 heterocycles. The summed E-state index contributed by atoms with van der Waals surface area (Å²) < 4.78 is 0. The van der Waals surface area contributed by atoms with Gasteiger partial charge in [-0.2, -0.15) is 11.8 Å². The highest BCUT2D eigenvalue weighted by molar-refractivity contribution is 7.99. The Morgan fingerprint density at radius 3 is 2.68 bits per heavy atom. The molecule has 2 N–H and O–H groups in total. The fourth-order valence-corrected chi connectivity index (χ4v) is 4.82. The number of hydrogen-bond donors (Lipinski definition) is 2. The van der Waals surface area contributed by atoms with Crippen molar-refractivity contribution in [1.82, 2.24) is 10.2 Å². The molecule has 2 amide bonds. The highest BCUT2D eigenvalue weighted by atomic mass is 32.2. The van der Waals surface area contributed by atoms with Crippen LogP contribution in [-0.4, -0.2) is 53.9 Å². The van der Waals surface area contributed by atoms with Crippen molar-refractivity contribution in [2.45, 2.75) is 32.2 Å². The van der Waals surface area contributed by atoms with Crippen LogP contribution in [0.3, 0.4) is 0 Å². The van der Waals surface area contributed by atoms with Gasteiger partial charge in [-0.1, -0.05) is 12.1 Å². The number of nitrogens with one attached hydrogen (secondary N) is 2. The number of nitrogens with zero attached hydrogens (tertiary/aromatic N) is 1. The van der Waals surface area contributed by atoms with E-state index in [0.29, 0.717) is 18.2 Å².